The van der Waals surface area contributed by atoms with Gasteiger partial charge in [-0.15, -0.1) is 0 Å². The molecular formula is C41H44Cl2F2N4O8. The number of carbonyl (C=O) groups is 5. The Morgan fingerprint density at radius 1 is 0.579 bits per heavy atom. The van der Waals surface area contributed by atoms with E-state index in [0.29, 0.717) is 16.0 Å². The smallest absolute Gasteiger partial charge is 0.425 e. The molecular weight excluding hydrogens is 785 g/mol. The molecule has 0 aliphatic carbocycles. The first-order chi connectivity index (χ1) is 26.3. The molecule has 57 heavy (non-hydrogen) atoms. The van der Waals surface area contributed by atoms with Crippen LogP contribution in [-0.2, 0) is 27.1 Å². The number of nitrogens with one attached hydrogen (secondary N) is 1. The molecule has 4 rings (SSSR count). The zero-order chi connectivity index (χ0) is 42.9. The summed E-state index contributed by atoms with van der Waals surface area (Å²) in [7, 11) is 0. The van der Waals surface area contributed by atoms with E-state index in [1.807, 2.05) is 0 Å². The number of pyridine rings is 2. The largest absolute Gasteiger partial charge is 0.444 e. The SMILES string of the molecule is CC(C)(C)OC(=O)N(C(=O)OC(C)(C)C)c1ccc(Cl)c(C(=O)Cc2ccc(F)cc2)n1.CC(C)(C)OC(=O)Nc1ccc(Cl)c(C(=O)Cc2ccc(F)cc2)n1. The first kappa shape index (κ1) is 45.9. The van der Waals surface area contributed by atoms with Gasteiger partial charge in [-0.25, -0.2) is 33.1 Å². The van der Waals surface area contributed by atoms with Crippen molar-refractivity contribution in [2.45, 2.75) is 92.0 Å². The number of halogens is 4. The van der Waals surface area contributed by atoms with E-state index in [2.05, 4.69) is 15.3 Å². The summed E-state index contributed by atoms with van der Waals surface area (Å²) < 4.78 is 41.8. The molecule has 0 spiro atoms. The molecule has 0 saturated carbocycles. The van der Waals surface area contributed by atoms with Crippen LogP contribution in [0.4, 0.5) is 34.8 Å². The number of hydrogen-bond acceptors (Lipinski definition) is 10. The van der Waals surface area contributed by atoms with E-state index in [9.17, 15) is 32.8 Å². The summed E-state index contributed by atoms with van der Waals surface area (Å²) in [5.74, 6) is -1.65. The number of hydrogen-bond donors (Lipinski definition) is 1. The van der Waals surface area contributed by atoms with Gasteiger partial charge in [0.05, 0.1) is 10.0 Å². The minimum Gasteiger partial charge on any atom is -0.444 e. The van der Waals surface area contributed by atoms with Crippen molar-refractivity contribution in [3.05, 3.63) is 117 Å². The summed E-state index contributed by atoms with van der Waals surface area (Å²) in [6.45, 7) is 15.1. The van der Waals surface area contributed by atoms with E-state index in [0.717, 1.165) is 0 Å². The third-order valence-corrected chi connectivity index (χ3v) is 7.38. The van der Waals surface area contributed by atoms with Crippen molar-refractivity contribution in [3.63, 3.8) is 0 Å². The summed E-state index contributed by atoms with van der Waals surface area (Å²) in [5, 5.41) is 2.66. The van der Waals surface area contributed by atoms with Gasteiger partial charge in [0.25, 0.3) is 0 Å². The zero-order valence-corrected chi connectivity index (χ0v) is 34.5. The van der Waals surface area contributed by atoms with Crippen molar-refractivity contribution < 1.29 is 47.0 Å². The van der Waals surface area contributed by atoms with Crippen molar-refractivity contribution in [1.82, 2.24) is 9.97 Å². The lowest BCUT2D eigenvalue weighted by Crippen LogP contribution is -2.44. The number of rotatable bonds is 8. The molecule has 2 aromatic carbocycles. The fraction of sp³-hybridized carbons (Fsp3) is 0.341. The van der Waals surface area contributed by atoms with Crippen molar-refractivity contribution in [3.8, 4) is 0 Å². The van der Waals surface area contributed by atoms with Crippen LogP contribution in [0, 0.1) is 11.6 Å². The molecule has 0 radical (unpaired) electrons. The average Bonchev–Trinajstić information content (AvgIpc) is 3.06. The monoisotopic (exact) mass is 828 g/mol. The molecule has 3 amide bonds. The van der Waals surface area contributed by atoms with Crippen LogP contribution in [0.2, 0.25) is 10.0 Å². The fourth-order valence-corrected chi connectivity index (χ4v) is 4.91. The van der Waals surface area contributed by atoms with Crippen LogP contribution in [0.1, 0.15) is 94.4 Å². The maximum atomic E-state index is 13.1. The predicted molar refractivity (Wildman–Crippen MR) is 212 cm³/mol. The number of ketones is 2. The number of anilines is 2. The normalized spacial score (nSPS) is 11.4. The highest BCUT2D eigenvalue weighted by Gasteiger charge is 2.34. The van der Waals surface area contributed by atoms with Gasteiger partial charge >= 0.3 is 18.3 Å². The molecule has 1 N–H and O–H groups in total. The van der Waals surface area contributed by atoms with Crippen molar-refractivity contribution in [1.29, 1.82) is 0 Å². The van der Waals surface area contributed by atoms with Gasteiger partial charge < -0.3 is 14.2 Å². The number of aromatic nitrogens is 2. The Hall–Kier alpha value is -5.47. The molecule has 0 aliphatic rings. The first-order valence-corrected chi connectivity index (χ1v) is 18.2. The van der Waals surface area contributed by atoms with Crippen LogP contribution in [0.5, 0.6) is 0 Å². The Morgan fingerprint density at radius 2 is 0.965 bits per heavy atom. The van der Waals surface area contributed by atoms with E-state index >= 15 is 0 Å². The van der Waals surface area contributed by atoms with Crippen LogP contribution >= 0.6 is 23.2 Å². The standard InChI is InChI=1S/C23H26ClFN2O5.C18H18ClFN2O3/c1-22(2,3)31-20(29)27(21(30)32-23(4,5)6)18-12-11-16(24)19(26-18)17(28)13-14-7-9-15(25)10-8-14;1-18(2,3)25-17(24)22-15-9-8-13(19)16(21-15)14(23)10-11-4-6-12(20)7-5-11/h7-12H,13H2,1-6H3;4-9H,10H2,1-3H3,(H,21,22,24). The van der Waals surface area contributed by atoms with Crippen molar-refractivity contribution in [2.24, 2.45) is 0 Å². The highest BCUT2D eigenvalue weighted by Crippen LogP contribution is 2.25. The van der Waals surface area contributed by atoms with Gasteiger partial charge in [0.2, 0.25) is 0 Å². The van der Waals surface area contributed by atoms with Crippen molar-refractivity contribution in [2.75, 3.05) is 10.2 Å². The zero-order valence-electron chi connectivity index (χ0n) is 33.0. The van der Waals surface area contributed by atoms with E-state index in [1.165, 1.54) is 72.8 Å². The molecule has 0 bridgehead atoms. The third-order valence-electron chi connectivity index (χ3n) is 6.77. The lowest BCUT2D eigenvalue weighted by Gasteiger charge is -2.28. The summed E-state index contributed by atoms with van der Waals surface area (Å²) in [6, 6.07) is 16.6. The second-order valence-electron chi connectivity index (χ2n) is 15.4. The Bertz CT molecular complexity index is 2070. The Morgan fingerprint density at radius 3 is 1.37 bits per heavy atom. The molecule has 0 aliphatic heterocycles. The van der Waals surface area contributed by atoms with Crippen LogP contribution in [-0.4, -0.2) is 56.6 Å². The number of Topliss-reactive ketones (excluding diaryl/α,β-unsaturated/α-hetero) is 2. The molecule has 4 aromatic rings. The number of imide groups is 1. The number of nitrogens with zero attached hydrogens (tertiary/aromatic N) is 3. The number of amides is 3. The van der Waals surface area contributed by atoms with Gasteiger partial charge in [0.15, 0.2) is 11.6 Å². The molecule has 2 heterocycles. The minimum absolute atomic E-state index is 0.0168. The number of benzene rings is 2. The van der Waals surface area contributed by atoms with E-state index < -0.39 is 46.7 Å². The maximum absolute atomic E-state index is 13.1. The molecule has 12 nitrogen and oxygen atoms in total. The van der Waals surface area contributed by atoms with Crippen LogP contribution in [0.3, 0.4) is 0 Å². The second-order valence-corrected chi connectivity index (χ2v) is 16.2. The number of ether oxygens (including phenoxy) is 3. The first-order valence-electron chi connectivity index (χ1n) is 17.4. The highest BCUT2D eigenvalue weighted by molar-refractivity contribution is 6.34. The molecule has 16 heteroatoms. The summed E-state index contributed by atoms with van der Waals surface area (Å²) in [6.07, 6.45) is -2.80. The van der Waals surface area contributed by atoms with Crippen LogP contribution in [0.25, 0.3) is 0 Å². The van der Waals surface area contributed by atoms with E-state index in [-0.39, 0.29) is 57.5 Å². The van der Waals surface area contributed by atoms with Gasteiger partial charge in [-0.05, 0) is 122 Å². The lowest BCUT2D eigenvalue weighted by atomic mass is 10.1. The summed E-state index contributed by atoms with van der Waals surface area (Å²) in [5.41, 5.74) is -1.39. The van der Waals surface area contributed by atoms with Crippen LogP contribution < -0.4 is 10.2 Å². The van der Waals surface area contributed by atoms with Gasteiger partial charge in [0.1, 0.15) is 51.5 Å². The van der Waals surface area contributed by atoms with Gasteiger partial charge in [-0.1, -0.05) is 47.5 Å². The van der Waals surface area contributed by atoms with E-state index in [4.69, 9.17) is 37.4 Å². The third kappa shape index (κ3) is 15.5. The quantitative estimate of drug-likeness (QED) is 0.134. The minimum atomic E-state index is -1.02. The molecule has 0 fully saturated rings. The Balaban J connectivity index is 0.000000315. The number of carbonyl (C=O) groups excluding carboxylic acids is 5. The van der Waals surface area contributed by atoms with Crippen LogP contribution in [0.15, 0.2) is 72.8 Å². The Kier molecular flexibility index (Phi) is 15.4. The summed E-state index contributed by atoms with van der Waals surface area (Å²) in [4.78, 5) is 71.4. The molecule has 304 valence electrons. The molecule has 0 unspecified atom stereocenters. The topological polar surface area (TPSA) is 154 Å². The van der Waals surface area contributed by atoms with Gasteiger partial charge in [0, 0.05) is 12.8 Å². The molecule has 0 atom stereocenters. The molecule has 0 saturated heterocycles. The van der Waals surface area contributed by atoms with Crippen molar-refractivity contribution >= 4 is 64.7 Å². The Labute approximate surface area is 339 Å². The average molecular weight is 830 g/mol. The summed E-state index contributed by atoms with van der Waals surface area (Å²) >= 11 is 12.2. The second kappa shape index (κ2) is 19.1. The maximum Gasteiger partial charge on any atom is 0.425 e. The van der Waals surface area contributed by atoms with E-state index in [1.54, 1.807) is 62.3 Å². The predicted octanol–water partition coefficient (Wildman–Crippen LogP) is 10.6. The fourth-order valence-electron chi connectivity index (χ4n) is 4.49. The lowest BCUT2D eigenvalue weighted by molar-refractivity contribution is 0.0426. The van der Waals surface area contributed by atoms with Gasteiger partial charge in [-0.2, -0.15) is 4.90 Å². The highest BCUT2D eigenvalue weighted by atomic mass is 35.5. The molecule has 2 aromatic heterocycles. The van der Waals surface area contributed by atoms with Gasteiger partial charge in [-0.3, -0.25) is 14.9 Å².